The van der Waals surface area contributed by atoms with E-state index in [4.69, 9.17) is 26.7 Å². The molecule has 0 bridgehead atoms. The van der Waals surface area contributed by atoms with Gasteiger partial charge in [-0.05, 0) is 0 Å². The molecule has 1 aromatic carbocycles. The molecule has 0 aliphatic carbocycles. The topological polar surface area (TPSA) is 42.0 Å². The average molecular weight is 452 g/mol. The van der Waals surface area contributed by atoms with E-state index in [0.29, 0.717) is 5.13 Å². The molecule has 2 rings (SSSR count). The summed E-state index contributed by atoms with van der Waals surface area (Å²) < 4.78 is 0. The number of aromatic nitrogens is 1. The number of hydrogen-bond donors (Lipinski definition) is 1. The van der Waals surface area contributed by atoms with E-state index in [9.17, 15) is 4.79 Å². The van der Waals surface area contributed by atoms with Gasteiger partial charge in [0.05, 0.1) is 5.69 Å². The van der Waals surface area contributed by atoms with Crippen LogP contribution in [0.25, 0.3) is 11.3 Å². The van der Waals surface area contributed by atoms with Crippen molar-refractivity contribution in [2.45, 2.75) is 6.92 Å². The number of carbonyl (C=O) groups excluding carboxylic acids is 1. The summed E-state index contributed by atoms with van der Waals surface area (Å²) in [5.74, 6) is -0.0936. The number of hydrogen-bond acceptors (Lipinski definition) is 3. The summed E-state index contributed by atoms with van der Waals surface area (Å²) >= 11 is -0.417. The van der Waals surface area contributed by atoms with Crippen molar-refractivity contribution in [3.63, 3.8) is 0 Å². The van der Waals surface area contributed by atoms with Crippen LogP contribution >= 0.6 is 54.5 Å². The molecular formula is C11H10Cl3IN2OS. The van der Waals surface area contributed by atoms with Gasteiger partial charge >= 0.3 is 43.2 Å². The molecule has 1 aromatic heterocycles. The van der Waals surface area contributed by atoms with Crippen molar-refractivity contribution < 1.29 is 4.79 Å². The standard InChI is InChI=1S/C11H10N2OS.Cl3I/c1-8(14)12-11-13-10(7-15-11)9-5-3-2-4-6-9;1-4(2)3/h2-7H,1H3,(H,12,13,14);. The maximum absolute atomic E-state index is 10.8. The number of thiazole rings is 1. The summed E-state index contributed by atoms with van der Waals surface area (Å²) in [6.45, 7) is 1.48. The Morgan fingerprint density at radius 3 is 2.37 bits per heavy atom. The van der Waals surface area contributed by atoms with Crippen LogP contribution in [-0.4, -0.2) is 10.9 Å². The molecule has 8 heteroatoms. The number of rotatable bonds is 2. The predicted octanol–water partition coefficient (Wildman–Crippen LogP) is 5.72. The van der Waals surface area contributed by atoms with E-state index in [1.54, 1.807) is 0 Å². The molecule has 0 spiro atoms. The van der Waals surface area contributed by atoms with Crippen LogP contribution in [0.3, 0.4) is 0 Å². The van der Waals surface area contributed by atoms with Gasteiger partial charge in [-0.2, -0.15) is 0 Å². The van der Waals surface area contributed by atoms with Crippen LogP contribution in [0, 0.1) is 0 Å². The van der Waals surface area contributed by atoms with E-state index in [2.05, 4.69) is 10.3 Å². The first-order chi connectivity index (χ1) is 8.99. The molecule has 3 nitrogen and oxygen atoms in total. The summed E-state index contributed by atoms with van der Waals surface area (Å²) in [4.78, 5) is 15.1. The van der Waals surface area contributed by atoms with Gasteiger partial charge in [0.2, 0.25) is 5.91 Å². The van der Waals surface area contributed by atoms with Gasteiger partial charge < -0.3 is 5.32 Å². The second kappa shape index (κ2) is 8.97. The third-order valence-electron chi connectivity index (χ3n) is 1.86. The van der Waals surface area contributed by atoms with Crippen LogP contribution in [0.5, 0.6) is 0 Å². The van der Waals surface area contributed by atoms with Crippen LogP contribution < -0.4 is 5.32 Å². The van der Waals surface area contributed by atoms with E-state index in [1.165, 1.54) is 18.3 Å². The van der Waals surface area contributed by atoms with E-state index in [-0.39, 0.29) is 5.91 Å². The number of halogens is 4. The van der Waals surface area contributed by atoms with Crippen molar-refractivity contribution in [1.29, 1.82) is 0 Å². The molecule has 0 unspecified atom stereocenters. The zero-order valence-corrected chi connectivity index (χ0v) is 15.0. The van der Waals surface area contributed by atoms with Crippen LogP contribution in [0.4, 0.5) is 5.13 Å². The summed E-state index contributed by atoms with van der Waals surface area (Å²) in [5, 5.41) is 5.23. The van der Waals surface area contributed by atoms with Crippen LogP contribution in [-0.2, 0) is 4.79 Å². The maximum atomic E-state index is 10.8. The van der Waals surface area contributed by atoms with E-state index in [1.807, 2.05) is 35.7 Å². The number of anilines is 1. The first-order valence-corrected chi connectivity index (χ1v) is 14.0. The van der Waals surface area contributed by atoms with Gasteiger partial charge in [0.25, 0.3) is 0 Å². The normalized spacial score (nSPS) is 10.2. The van der Waals surface area contributed by atoms with Crippen molar-refractivity contribution in [1.82, 2.24) is 4.98 Å². The quantitative estimate of drug-likeness (QED) is 0.593. The van der Waals surface area contributed by atoms with E-state index in [0.717, 1.165) is 11.3 Å². The van der Waals surface area contributed by atoms with Crippen LogP contribution in [0.2, 0.25) is 0 Å². The summed E-state index contributed by atoms with van der Waals surface area (Å²) in [7, 11) is 14.9. The first-order valence-electron chi connectivity index (χ1n) is 4.97. The summed E-state index contributed by atoms with van der Waals surface area (Å²) in [6, 6.07) is 9.88. The van der Waals surface area contributed by atoms with Gasteiger partial charge in [0, 0.05) is 17.9 Å². The Labute approximate surface area is 133 Å². The monoisotopic (exact) mass is 450 g/mol. The predicted molar refractivity (Wildman–Crippen MR) is 93.4 cm³/mol. The average Bonchev–Trinajstić information content (AvgIpc) is 2.77. The number of carbonyl (C=O) groups is 1. The van der Waals surface area contributed by atoms with Gasteiger partial charge in [0.15, 0.2) is 5.13 Å². The molecule has 1 amide bonds. The van der Waals surface area contributed by atoms with Crippen molar-refractivity contribution in [3.8, 4) is 11.3 Å². The van der Waals surface area contributed by atoms with Gasteiger partial charge in [-0.15, -0.1) is 11.3 Å². The Hall–Kier alpha value is -0.0800. The third kappa shape index (κ3) is 7.31. The van der Waals surface area contributed by atoms with Crippen LogP contribution in [0.1, 0.15) is 6.92 Å². The SMILES string of the molecule is CC(=O)Nc1nc(-c2ccccc2)cs1.ClI(Cl)Cl. The molecule has 0 fully saturated rings. The van der Waals surface area contributed by atoms with Crippen molar-refractivity contribution in [2.75, 3.05) is 5.32 Å². The third-order valence-corrected chi connectivity index (χ3v) is 2.61. The summed E-state index contributed by atoms with van der Waals surface area (Å²) in [6.07, 6.45) is 0. The molecule has 0 aliphatic rings. The van der Waals surface area contributed by atoms with Gasteiger partial charge in [0.1, 0.15) is 0 Å². The molecule has 0 aliphatic heterocycles. The Morgan fingerprint density at radius 2 is 1.84 bits per heavy atom. The van der Waals surface area contributed by atoms with Crippen molar-refractivity contribution >= 4 is 65.5 Å². The molecular weight excluding hydrogens is 441 g/mol. The van der Waals surface area contributed by atoms with E-state index < -0.39 is 16.4 Å². The number of amides is 1. The zero-order valence-electron chi connectivity index (χ0n) is 9.74. The Kier molecular flexibility index (Phi) is 8.01. The minimum atomic E-state index is -1.85. The fraction of sp³-hybridized carbons (Fsp3) is 0.0909. The Bertz CT molecular complexity index is 519. The molecule has 19 heavy (non-hydrogen) atoms. The first kappa shape index (κ1) is 17.0. The minimum absolute atomic E-state index is 0.0936. The molecule has 0 radical (unpaired) electrons. The summed E-state index contributed by atoms with van der Waals surface area (Å²) in [5.41, 5.74) is 1.95. The number of nitrogens with zero attached hydrogens (tertiary/aromatic N) is 1. The molecule has 1 heterocycles. The number of nitrogens with one attached hydrogen (secondary N) is 1. The fourth-order valence-electron chi connectivity index (χ4n) is 1.22. The fourth-order valence-corrected chi connectivity index (χ4v) is 1.99. The zero-order chi connectivity index (χ0) is 14.3. The van der Waals surface area contributed by atoms with E-state index >= 15 is 0 Å². The van der Waals surface area contributed by atoms with Crippen molar-refractivity contribution in [3.05, 3.63) is 35.7 Å². The molecule has 2 aromatic rings. The Morgan fingerprint density at radius 1 is 1.26 bits per heavy atom. The molecule has 0 saturated heterocycles. The second-order valence-electron chi connectivity index (χ2n) is 3.25. The van der Waals surface area contributed by atoms with Gasteiger partial charge in [-0.25, -0.2) is 4.98 Å². The molecule has 104 valence electrons. The number of benzene rings is 1. The van der Waals surface area contributed by atoms with Crippen molar-refractivity contribution in [2.24, 2.45) is 0 Å². The molecule has 1 N–H and O–H groups in total. The van der Waals surface area contributed by atoms with Crippen LogP contribution in [0.15, 0.2) is 35.7 Å². The van der Waals surface area contributed by atoms with Gasteiger partial charge in [-0.3, -0.25) is 4.79 Å². The Balaban J connectivity index is 0.000000399. The second-order valence-corrected chi connectivity index (χ2v) is 13.7. The van der Waals surface area contributed by atoms with Gasteiger partial charge in [-0.1, -0.05) is 30.3 Å². The molecule has 0 saturated carbocycles. The molecule has 0 atom stereocenters.